The van der Waals surface area contributed by atoms with E-state index in [1.54, 1.807) is 18.2 Å². The summed E-state index contributed by atoms with van der Waals surface area (Å²) in [6, 6.07) is 20.1. The van der Waals surface area contributed by atoms with E-state index in [9.17, 15) is 19.7 Å². The number of hydrogen-bond acceptors (Lipinski definition) is 5. The number of nitrogens with zero attached hydrogens (tertiary/aromatic N) is 1. The third kappa shape index (κ3) is 5.89. The molecule has 0 saturated heterocycles. The van der Waals surface area contributed by atoms with Crippen LogP contribution in [-0.2, 0) is 6.42 Å². The van der Waals surface area contributed by atoms with E-state index in [0.717, 1.165) is 12.0 Å². The van der Waals surface area contributed by atoms with Crippen molar-refractivity contribution in [1.82, 2.24) is 10.9 Å². The van der Waals surface area contributed by atoms with Gasteiger partial charge in [-0.25, -0.2) is 0 Å². The molecule has 0 atom stereocenters. The second-order valence-electron chi connectivity index (χ2n) is 6.41. The van der Waals surface area contributed by atoms with Gasteiger partial charge in [0.1, 0.15) is 11.3 Å². The number of carbonyl (C=O) groups excluding carboxylic acids is 2. The van der Waals surface area contributed by atoms with Gasteiger partial charge in [-0.1, -0.05) is 42.5 Å². The minimum absolute atomic E-state index is 0.156. The molecule has 0 unspecified atom stereocenters. The molecule has 0 aliphatic rings. The zero-order chi connectivity index (χ0) is 22.2. The zero-order valence-electron chi connectivity index (χ0n) is 16.2. The van der Waals surface area contributed by atoms with Crippen LogP contribution in [0.25, 0.3) is 0 Å². The standard InChI is InChI=1S/C22H18BrN3O5/c23-18-14-16(10-11-20(18)31-13-12-15-6-2-1-3-7-15)21(27)24-25-22(28)17-8-4-5-9-19(17)26(29)30/h1-11,14H,12-13H2,(H,24,27)(H,25,28). The van der Waals surface area contributed by atoms with Crippen molar-refractivity contribution in [2.45, 2.75) is 6.42 Å². The van der Waals surface area contributed by atoms with Crippen LogP contribution in [0.5, 0.6) is 5.75 Å². The molecule has 3 rings (SSSR count). The first-order valence-electron chi connectivity index (χ1n) is 9.26. The summed E-state index contributed by atoms with van der Waals surface area (Å²) in [5.41, 5.74) is 5.36. The highest BCUT2D eigenvalue weighted by atomic mass is 79.9. The smallest absolute Gasteiger partial charge is 0.282 e. The number of nitro groups is 1. The van der Waals surface area contributed by atoms with E-state index in [2.05, 4.69) is 26.8 Å². The van der Waals surface area contributed by atoms with Gasteiger partial charge in [0.2, 0.25) is 0 Å². The van der Waals surface area contributed by atoms with Crippen molar-refractivity contribution >= 4 is 33.4 Å². The summed E-state index contributed by atoms with van der Waals surface area (Å²) in [6.45, 7) is 0.472. The van der Waals surface area contributed by atoms with Crippen LogP contribution >= 0.6 is 15.9 Å². The second kappa shape index (κ2) is 10.4. The fourth-order valence-corrected chi connectivity index (χ4v) is 3.25. The Kier molecular flexibility index (Phi) is 7.34. The molecular formula is C22H18BrN3O5. The molecule has 9 heteroatoms. The average Bonchev–Trinajstić information content (AvgIpc) is 2.79. The van der Waals surface area contributed by atoms with Crippen LogP contribution < -0.4 is 15.6 Å². The molecule has 0 spiro atoms. The lowest BCUT2D eigenvalue weighted by Crippen LogP contribution is -2.41. The van der Waals surface area contributed by atoms with Gasteiger partial charge >= 0.3 is 0 Å². The topological polar surface area (TPSA) is 111 Å². The summed E-state index contributed by atoms with van der Waals surface area (Å²) in [4.78, 5) is 34.9. The number of amides is 2. The highest BCUT2D eigenvalue weighted by Crippen LogP contribution is 2.26. The predicted octanol–water partition coefficient (Wildman–Crippen LogP) is 4.05. The van der Waals surface area contributed by atoms with Crippen LogP contribution in [0.3, 0.4) is 0 Å². The van der Waals surface area contributed by atoms with Crippen molar-refractivity contribution in [3.8, 4) is 5.75 Å². The van der Waals surface area contributed by atoms with Crippen molar-refractivity contribution in [3.63, 3.8) is 0 Å². The van der Waals surface area contributed by atoms with Gasteiger partial charge in [-0.15, -0.1) is 0 Å². The molecule has 3 aromatic carbocycles. The molecule has 0 heterocycles. The minimum Gasteiger partial charge on any atom is -0.492 e. The Labute approximate surface area is 186 Å². The molecule has 31 heavy (non-hydrogen) atoms. The van der Waals surface area contributed by atoms with E-state index in [4.69, 9.17) is 4.74 Å². The molecule has 0 aliphatic heterocycles. The molecule has 2 amide bonds. The van der Waals surface area contributed by atoms with Crippen molar-refractivity contribution in [1.29, 1.82) is 0 Å². The number of halogens is 1. The van der Waals surface area contributed by atoms with Crippen LogP contribution in [-0.4, -0.2) is 23.3 Å². The lowest BCUT2D eigenvalue weighted by molar-refractivity contribution is -0.385. The number of carbonyl (C=O) groups is 2. The number of ether oxygens (including phenoxy) is 1. The SMILES string of the molecule is O=C(NNC(=O)c1ccccc1[N+](=O)[O-])c1ccc(OCCc2ccccc2)c(Br)c1. The summed E-state index contributed by atoms with van der Waals surface area (Å²) in [6.07, 6.45) is 0.743. The highest BCUT2D eigenvalue weighted by molar-refractivity contribution is 9.10. The van der Waals surface area contributed by atoms with Crippen LogP contribution in [0.1, 0.15) is 26.3 Å². The van der Waals surface area contributed by atoms with Crippen LogP contribution in [0, 0.1) is 10.1 Å². The fourth-order valence-electron chi connectivity index (χ4n) is 2.76. The molecule has 0 saturated carbocycles. The van der Waals surface area contributed by atoms with Crippen LogP contribution in [0.2, 0.25) is 0 Å². The maximum absolute atomic E-state index is 12.3. The molecule has 3 aromatic rings. The predicted molar refractivity (Wildman–Crippen MR) is 118 cm³/mol. The first-order valence-corrected chi connectivity index (χ1v) is 10.1. The summed E-state index contributed by atoms with van der Waals surface area (Å²) in [5, 5.41) is 11.0. The zero-order valence-corrected chi connectivity index (χ0v) is 17.8. The van der Waals surface area contributed by atoms with E-state index in [1.165, 1.54) is 24.3 Å². The molecule has 0 bridgehead atoms. The minimum atomic E-state index is -0.791. The van der Waals surface area contributed by atoms with Crippen molar-refractivity contribution < 1.29 is 19.2 Å². The third-order valence-corrected chi connectivity index (χ3v) is 4.94. The van der Waals surface area contributed by atoms with E-state index < -0.39 is 16.7 Å². The van der Waals surface area contributed by atoms with Gasteiger partial charge < -0.3 is 4.74 Å². The number of hydrogen-bond donors (Lipinski definition) is 2. The molecular weight excluding hydrogens is 466 g/mol. The lowest BCUT2D eigenvalue weighted by Gasteiger charge is -2.11. The second-order valence-corrected chi connectivity index (χ2v) is 7.27. The Bertz CT molecular complexity index is 1110. The molecule has 0 fully saturated rings. The Hall–Kier alpha value is -3.72. The quantitative estimate of drug-likeness (QED) is 0.388. The van der Waals surface area contributed by atoms with Crippen molar-refractivity contribution in [3.05, 3.63) is 104 Å². The number of rotatable bonds is 7. The van der Waals surface area contributed by atoms with E-state index in [0.29, 0.717) is 16.8 Å². The molecule has 0 aliphatic carbocycles. The van der Waals surface area contributed by atoms with E-state index >= 15 is 0 Å². The summed E-state index contributed by atoms with van der Waals surface area (Å²) in [5.74, 6) is -0.791. The number of nitrogens with one attached hydrogen (secondary N) is 2. The van der Waals surface area contributed by atoms with Crippen LogP contribution in [0.4, 0.5) is 5.69 Å². The Morgan fingerprint density at radius 1 is 0.935 bits per heavy atom. The van der Waals surface area contributed by atoms with E-state index in [1.807, 2.05) is 30.3 Å². The largest absolute Gasteiger partial charge is 0.492 e. The Morgan fingerprint density at radius 2 is 1.61 bits per heavy atom. The van der Waals surface area contributed by atoms with Crippen molar-refractivity contribution in [2.75, 3.05) is 6.61 Å². The monoisotopic (exact) mass is 483 g/mol. The van der Waals surface area contributed by atoms with Crippen molar-refractivity contribution in [2.24, 2.45) is 0 Å². The van der Waals surface area contributed by atoms with Gasteiger partial charge in [0.15, 0.2) is 0 Å². The molecule has 158 valence electrons. The van der Waals surface area contributed by atoms with E-state index in [-0.39, 0.29) is 16.8 Å². The molecule has 2 N–H and O–H groups in total. The van der Waals surface area contributed by atoms with Gasteiger partial charge in [0.25, 0.3) is 17.5 Å². The molecule has 8 nitrogen and oxygen atoms in total. The fraction of sp³-hybridized carbons (Fsp3) is 0.0909. The normalized spacial score (nSPS) is 10.2. The highest BCUT2D eigenvalue weighted by Gasteiger charge is 2.19. The molecule has 0 radical (unpaired) electrons. The maximum atomic E-state index is 12.3. The third-order valence-electron chi connectivity index (χ3n) is 4.32. The van der Waals surface area contributed by atoms with Gasteiger partial charge in [0.05, 0.1) is 16.0 Å². The first-order chi connectivity index (χ1) is 15.0. The number of nitro benzene ring substituents is 1. The summed E-state index contributed by atoms with van der Waals surface area (Å²) >= 11 is 3.38. The summed E-state index contributed by atoms with van der Waals surface area (Å²) in [7, 11) is 0. The van der Waals surface area contributed by atoms with Gasteiger partial charge in [-0.3, -0.25) is 30.6 Å². The van der Waals surface area contributed by atoms with Gasteiger partial charge in [0, 0.05) is 18.1 Å². The van der Waals surface area contributed by atoms with Gasteiger partial charge in [-0.2, -0.15) is 0 Å². The average molecular weight is 484 g/mol. The number of benzene rings is 3. The lowest BCUT2D eigenvalue weighted by atomic mass is 10.1. The Balaban J connectivity index is 1.56. The molecule has 0 aromatic heterocycles. The van der Waals surface area contributed by atoms with Crippen LogP contribution in [0.15, 0.2) is 77.3 Å². The summed E-state index contributed by atoms with van der Waals surface area (Å²) < 4.78 is 6.34. The maximum Gasteiger partial charge on any atom is 0.282 e. The first kappa shape index (κ1) is 22.0. The Morgan fingerprint density at radius 3 is 2.32 bits per heavy atom. The number of para-hydroxylation sites is 1. The van der Waals surface area contributed by atoms with Gasteiger partial charge in [-0.05, 0) is 45.8 Å². The number of hydrazine groups is 1.